The average molecular weight is 327 g/mol. The summed E-state index contributed by atoms with van der Waals surface area (Å²) < 4.78 is 6.66. The van der Waals surface area contributed by atoms with E-state index in [0.29, 0.717) is 13.1 Å². The van der Waals surface area contributed by atoms with Crippen LogP contribution in [0.5, 0.6) is 5.75 Å². The molecule has 0 radical (unpaired) electrons. The van der Waals surface area contributed by atoms with Crippen molar-refractivity contribution in [1.82, 2.24) is 10.6 Å². The van der Waals surface area contributed by atoms with Gasteiger partial charge in [-0.15, -0.1) is 0 Å². The van der Waals surface area contributed by atoms with Crippen LogP contribution < -0.4 is 15.4 Å². The number of ether oxygens (including phenoxy) is 1. The average Bonchev–Trinajstić information content (AvgIpc) is 2.84. The molecule has 1 aliphatic rings. The molecule has 0 aromatic heterocycles. The Morgan fingerprint density at radius 3 is 3.11 bits per heavy atom. The van der Waals surface area contributed by atoms with E-state index in [1.54, 1.807) is 0 Å². The Bertz CT molecular complexity index is 463. The van der Waals surface area contributed by atoms with E-state index >= 15 is 0 Å². The molecule has 5 heteroatoms. The van der Waals surface area contributed by atoms with Crippen LogP contribution in [0, 0.1) is 0 Å². The van der Waals surface area contributed by atoms with E-state index in [1.165, 1.54) is 5.56 Å². The summed E-state index contributed by atoms with van der Waals surface area (Å²) in [6.07, 6.45) is 1.97. The normalized spacial score (nSPS) is 12.9. The largest absolute Gasteiger partial charge is 0.493 e. The summed E-state index contributed by atoms with van der Waals surface area (Å²) in [5.41, 5.74) is 2.24. The highest BCUT2D eigenvalue weighted by Gasteiger charge is 2.17. The van der Waals surface area contributed by atoms with Gasteiger partial charge in [-0.1, -0.05) is 22.9 Å². The lowest BCUT2D eigenvalue weighted by Crippen LogP contribution is -2.33. The van der Waals surface area contributed by atoms with Crippen LogP contribution in [0.15, 0.2) is 16.6 Å². The predicted molar refractivity (Wildman–Crippen MR) is 78.3 cm³/mol. The van der Waals surface area contributed by atoms with Crippen LogP contribution in [-0.2, 0) is 17.8 Å². The van der Waals surface area contributed by atoms with Crippen LogP contribution in [-0.4, -0.2) is 25.6 Å². The molecular formula is C14H19BrN2O2. The first-order chi connectivity index (χ1) is 9.20. The maximum Gasteiger partial charge on any atom is 0.234 e. The molecular weight excluding hydrogens is 308 g/mol. The molecule has 1 heterocycles. The highest BCUT2D eigenvalue weighted by molar-refractivity contribution is 9.10. The molecule has 0 atom stereocenters. The van der Waals surface area contributed by atoms with Crippen molar-refractivity contribution in [3.63, 3.8) is 0 Å². The molecule has 0 saturated heterocycles. The Kier molecular flexibility index (Phi) is 5.22. The third-order valence-corrected chi connectivity index (χ3v) is 3.47. The Morgan fingerprint density at radius 1 is 1.47 bits per heavy atom. The summed E-state index contributed by atoms with van der Waals surface area (Å²) in [5, 5.41) is 5.99. The number of hydrogen-bond acceptors (Lipinski definition) is 3. The van der Waals surface area contributed by atoms with Crippen molar-refractivity contribution in [3.8, 4) is 5.75 Å². The van der Waals surface area contributed by atoms with Gasteiger partial charge in [0, 0.05) is 23.0 Å². The summed E-state index contributed by atoms with van der Waals surface area (Å²) in [7, 11) is 0. The molecule has 0 bridgehead atoms. The first kappa shape index (κ1) is 14.3. The van der Waals surface area contributed by atoms with Crippen molar-refractivity contribution < 1.29 is 9.53 Å². The number of hydrogen-bond donors (Lipinski definition) is 2. The van der Waals surface area contributed by atoms with Gasteiger partial charge in [-0.2, -0.15) is 0 Å². The van der Waals surface area contributed by atoms with Crippen LogP contribution in [0.3, 0.4) is 0 Å². The van der Waals surface area contributed by atoms with Crippen LogP contribution in [0.1, 0.15) is 24.5 Å². The van der Waals surface area contributed by atoms with E-state index in [-0.39, 0.29) is 5.91 Å². The number of carbonyl (C=O) groups excluding carboxylic acids is 1. The van der Waals surface area contributed by atoms with Crippen molar-refractivity contribution in [3.05, 3.63) is 27.7 Å². The van der Waals surface area contributed by atoms with Gasteiger partial charge >= 0.3 is 0 Å². The maximum atomic E-state index is 11.7. The van der Waals surface area contributed by atoms with Gasteiger partial charge < -0.3 is 15.4 Å². The van der Waals surface area contributed by atoms with E-state index in [1.807, 2.05) is 6.07 Å². The first-order valence-corrected chi connectivity index (χ1v) is 7.41. The summed E-state index contributed by atoms with van der Waals surface area (Å²) >= 11 is 3.49. The highest BCUT2D eigenvalue weighted by atomic mass is 79.9. The van der Waals surface area contributed by atoms with Gasteiger partial charge in [-0.05, 0) is 30.7 Å². The summed E-state index contributed by atoms with van der Waals surface area (Å²) in [4.78, 5) is 11.7. The molecule has 4 nitrogen and oxygen atoms in total. The Morgan fingerprint density at radius 2 is 2.32 bits per heavy atom. The minimum absolute atomic E-state index is 0.0140. The van der Waals surface area contributed by atoms with Gasteiger partial charge in [0.2, 0.25) is 5.91 Å². The Balaban J connectivity index is 1.91. The predicted octanol–water partition coefficient (Wildman–Crippen LogP) is 2.00. The molecule has 0 fully saturated rings. The Labute approximate surface area is 122 Å². The van der Waals surface area contributed by atoms with Gasteiger partial charge in [0.15, 0.2) is 0 Å². The molecule has 0 aliphatic carbocycles. The van der Waals surface area contributed by atoms with Crippen LogP contribution in [0.4, 0.5) is 0 Å². The molecule has 0 spiro atoms. The first-order valence-electron chi connectivity index (χ1n) is 6.62. The number of nitrogens with one attached hydrogen (secondary N) is 2. The zero-order chi connectivity index (χ0) is 13.7. The number of halogens is 1. The number of carbonyl (C=O) groups is 1. The van der Waals surface area contributed by atoms with E-state index in [9.17, 15) is 4.79 Å². The minimum atomic E-state index is 0.0140. The molecule has 2 rings (SSSR count). The minimum Gasteiger partial charge on any atom is -0.493 e. The number of fused-ring (bicyclic) bond motifs is 1. The summed E-state index contributed by atoms with van der Waals surface area (Å²) in [6.45, 7) is 4.54. The van der Waals surface area contributed by atoms with Crippen molar-refractivity contribution in [2.45, 2.75) is 26.3 Å². The van der Waals surface area contributed by atoms with Crippen molar-refractivity contribution >= 4 is 21.8 Å². The Hall–Kier alpha value is -1.07. The van der Waals surface area contributed by atoms with Crippen LogP contribution >= 0.6 is 15.9 Å². The monoisotopic (exact) mass is 326 g/mol. The SMILES string of the molecule is CCCNCC(=O)NCc1cc(Br)cc2c1OCC2. The van der Waals surface area contributed by atoms with E-state index in [4.69, 9.17) is 4.74 Å². The lowest BCUT2D eigenvalue weighted by molar-refractivity contribution is -0.120. The topological polar surface area (TPSA) is 50.4 Å². The fraction of sp³-hybridized carbons (Fsp3) is 0.500. The third kappa shape index (κ3) is 3.94. The second-order valence-corrected chi connectivity index (χ2v) is 5.52. The molecule has 1 aromatic rings. The molecule has 0 unspecified atom stereocenters. The van der Waals surface area contributed by atoms with Gasteiger partial charge in [-0.3, -0.25) is 4.79 Å². The quantitative estimate of drug-likeness (QED) is 0.786. The third-order valence-electron chi connectivity index (χ3n) is 3.01. The number of rotatable bonds is 6. The van der Waals surface area contributed by atoms with Crippen molar-refractivity contribution in [2.75, 3.05) is 19.7 Å². The molecule has 2 N–H and O–H groups in total. The highest BCUT2D eigenvalue weighted by Crippen LogP contribution is 2.32. The van der Waals surface area contributed by atoms with Crippen LogP contribution in [0.2, 0.25) is 0 Å². The zero-order valence-corrected chi connectivity index (χ0v) is 12.7. The smallest absolute Gasteiger partial charge is 0.234 e. The maximum absolute atomic E-state index is 11.7. The van der Waals surface area contributed by atoms with Gasteiger partial charge in [0.25, 0.3) is 0 Å². The van der Waals surface area contributed by atoms with Gasteiger partial charge in [0.05, 0.1) is 13.2 Å². The van der Waals surface area contributed by atoms with Crippen molar-refractivity contribution in [1.29, 1.82) is 0 Å². The fourth-order valence-electron chi connectivity index (χ4n) is 2.11. The van der Waals surface area contributed by atoms with Gasteiger partial charge in [-0.25, -0.2) is 0 Å². The van der Waals surface area contributed by atoms with Crippen molar-refractivity contribution in [2.24, 2.45) is 0 Å². The van der Waals surface area contributed by atoms with Crippen LogP contribution in [0.25, 0.3) is 0 Å². The van der Waals surface area contributed by atoms with Gasteiger partial charge in [0.1, 0.15) is 5.75 Å². The summed E-state index contributed by atoms with van der Waals surface area (Å²) in [5.74, 6) is 0.949. The molecule has 19 heavy (non-hydrogen) atoms. The molecule has 104 valence electrons. The second-order valence-electron chi connectivity index (χ2n) is 4.61. The molecule has 1 amide bonds. The fourth-order valence-corrected chi connectivity index (χ4v) is 2.66. The summed E-state index contributed by atoms with van der Waals surface area (Å²) in [6, 6.07) is 4.08. The lowest BCUT2D eigenvalue weighted by Gasteiger charge is -2.10. The lowest BCUT2D eigenvalue weighted by atomic mass is 10.1. The van der Waals surface area contributed by atoms with E-state index in [2.05, 4.69) is 39.6 Å². The number of benzene rings is 1. The molecule has 1 aromatic carbocycles. The number of amides is 1. The zero-order valence-electron chi connectivity index (χ0n) is 11.1. The van der Waals surface area contributed by atoms with E-state index in [0.717, 1.165) is 41.8 Å². The van der Waals surface area contributed by atoms with E-state index < -0.39 is 0 Å². The second kappa shape index (κ2) is 6.91. The molecule has 0 saturated carbocycles. The molecule has 1 aliphatic heterocycles. The standard InChI is InChI=1S/C14H19BrN2O2/c1-2-4-16-9-13(18)17-8-11-7-12(15)6-10-3-5-19-14(10)11/h6-7,16H,2-5,8-9H2,1H3,(H,17,18).